The van der Waals surface area contributed by atoms with Crippen molar-refractivity contribution in [3.63, 3.8) is 0 Å². The molecule has 0 spiro atoms. The third-order valence-electron chi connectivity index (χ3n) is 3.40. The van der Waals surface area contributed by atoms with E-state index in [0.717, 1.165) is 12.0 Å². The van der Waals surface area contributed by atoms with Crippen LogP contribution in [0.2, 0.25) is 18.6 Å². The summed E-state index contributed by atoms with van der Waals surface area (Å²) >= 11 is 0. The topological polar surface area (TPSA) is 58.9 Å². The van der Waals surface area contributed by atoms with Crippen molar-refractivity contribution in [2.75, 3.05) is 6.61 Å². The Kier molecular flexibility index (Phi) is 6.06. The third-order valence-corrected chi connectivity index (χ3v) is 7.12. The Morgan fingerprint density at radius 3 is 2.53 bits per heavy atom. The highest BCUT2D eigenvalue weighted by Gasteiger charge is 2.26. The highest BCUT2D eigenvalue weighted by Crippen LogP contribution is 2.22. The summed E-state index contributed by atoms with van der Waals surface area (Å²) in [5.74, 6) is 0.452. The van der Waals surface area contributed by atoms with Crippen LogP contribution in [-0.4, -0.2) is 32.3 Å². The lowest BCUT2D eigenvalue weighted by atomic mass is 10.1. The van der Waals surface area contributed by atoms with Crippen LogP contribution in [0.4, 0.5) is 0 Å². The van der Waals surface area contributed by atoms with Gasteiger partial charge in [-0.25, -0.2) is 0 Å². The van der Waals surface area contributed by atoms with E-state index in [0.29, 0.717) is 17.9 Å². The lowest BCUT2D eigenvalue weighted by Crippen LogP contribution is -2.34. The molecule has 4 nitrogen and oxygen atoms in total. The summed E-state index contributed by atoms with van der Waals surface area (Å²) in [5.41, 5.74) is 1.65. The van der Waals surface area contributed by atoms with E-state index in [2.05, 4.69) is 26.9 Å². The van der Waals surface area contributed by atoms with Gasteiger partial charge in [-0.05, 0) is 42.8 Å². The normalized spacial score (nSPS) is 11.7. The number of benzene rings is 1. The van der Waals surface area contributed by atoms with E-state index in [1.54, 1.807) is 12.1 Å². The molecule has 106 valence electrons. The molecule has 19 heavy (non-hydrogen) atoms. The molecule has 2 N–H and O–H groups in total. The first-order valence-electron chi connectivity index (χ1n) is 6.57. The fraction of sp³-hybridized carbons (Fsp3) is 0.538. The smallest absolute Gasteiger partial charge is 0.512 e. The number of hydrogen-bond donors (Lipinski definition) is 2. The molecular formula is C13H23BO4Si. The molecule has 0 saturated heterocycles. The van der Waals surface area contributed by atoms with Gasteiger partial charge in [-0.2, -0.15) is 0 Å². The van der Waals surface area contributed by atoms with Crippen molar-refractivity contribution in [3.05, 3.63) is 29.8 Å². The summed E-state index contributed by atoms with van der Waals surface area (Å²) < 4.78 is 10.8. The Morgan fingerprint density at radius 2 is 1.95 bits per heavy atom. The van der Waals surface area contributed by atoms with Crippen molar-refractivity contribution in [3.8, 4) is 5.75 Å². The second-order valence-corrected chi connectivity index (χ2v) is 10.1. The van der Waals surface area contributed by atoms with Crippen LogP contribution >= 0.6 is 0 Å². The van der Waals surface area contributed by atoms with Gasteiger partial charge in [0.05, 0.1) is 0 Å². The molecule has 0 saturated carbocycles. The summed E-state index contributed by atoms with van der Waals surface area (Å²) in [6.07, 6.45) is 0.794. The molecule has 0 aliphatic carbocycles. The average molecular weight is 282 g/mol. The fourth-order valence-corrected chi connectivity index (χ4v) is 2.46. The van der Waals surface area contributed by atoms with Gasteiger partial charge >= 0.3 is 7.32 Å². The van der Waals surface area contributed by atoms with Gasteiger partial charge in [0.15, 0.2) is 8.32 Å². The van der Waals surface area contributed by atoms with E-state index >= 15 is 0 Å². The van der Waals surface area contributed by atoms with Crippen LogP contribution in [0.3, 0.4) is 0 Å². The molecule has 6 heteroatoms. The molecule has 0 unspecified atom stereocenters. The predicted octanol–water partition coefficient (Wildman–Crippen LogP) is 2.21. The maximum Gasteiger partial charge on any atom is 0.707 e. The zero-order valence-electron chi connectivity index (χ0n) is 12.1. The molecule has 0 aliphatic heterocycles. The first-order valence-corrected chi connectivity index (χ1v) is 9.55. The molecule has 0 atom stereocenters. The van der Waals surface area contributed by atoms with Crippen LogP contribution in [-0.2, 0) is 10.8 Å². The zero-order valence-corrected chi connectivity index (χ0v) is 13.1. The Labute approximate surface area is 116 Å². The quantitative estimate of drug-likeness (QED) is 0.753. The van der Waals surface area contributed by atoms with Crippen LogP contribution in [0.1, 0.15) is 19.4 Å². The SMILES string of the molecule is CC(C)[Si](C)(C)OCCc1cccc(OB(O)O)c1. The van der Waals surface area contributed by atoms with E-state index in [4.69, 9.17) is 19.1 Å². The highest BCUT2D eigenvalue weighted by atomic mass is 28.4. The van der Waals surface area contributed by atoms with Gasteiger partial charge in [-0.3, -0.25) is 0 Å². The minimum Gasteiger partial charge on any atom is -0.512 e. The lowest BCUT2D eigenvalue weighted by Gasteiger charge is -2.26. The Bertz CT molecular complexity index is 396. The van der Waals surface area contributed by atoms with Crippen LogP contribution in [0.15, 0.2) is 24.3 Å². The van der Waals surface area contributed by atoms with Crippen molar-refractivity contribution in [1.82, 2.24) is 0 Å². The van der Waals surface area contributed by atoms with Crippen LogP contribution in [0.5, 0.6) is 5.75 Å². The minimum absolute atomic E-state index is 0.452. The van der Waals surface area contributed by atoms with Crippen LogP contribution < -0.4 is 4.65 Å². The fourth-order valence-electron chi connectivity index (χ4n) is 1.49. The summed E-state index contributed by atoms with van der Waals surface area (Å²) in [6.45, 7) is 9.52. The van der Waals surface area contributed by atoms with E-state index < -0.39 is 15.6 Å². The van der Waals surface area contributed by atoms with E-state index in [9.17, 15) is 0 Å². The molecule has 0 fully saturated rings. The second-order valence-electron chi connectivity index (χ2n) is 5.45. The molecule has 1 aromatic rings. The lowest BCUT2D eigenvalue weighted by molar-refractivity contribution is 0.287. The summed E-state index contributed by atoms with van der Waals surface area (Å²) in [5, 5.41) is 17.5. The standard InChI is InChI=1S/C13H23BO4Si/c1-11(2)19(3,4)17-9-8-12-6-5-7-13(10-12)18-14(15)16/h5-7,10-11,15-16H,8-9H2,1-4H3. The highest BCUT2D eigenvalue weighted by molar-refractivity contribution is 6.72. The van der Waals surface area contributed by atoms with Crippen molar-refractivity contribution in [2.24, 2.45) is 0 Å². The molecule has 0 heterocycles. The average Bonchev–Trinajstić information content (AvgIpc) is 2.28. The third kappa shape index (κ3) is 5.78. The van der Waals surface area contributed by atoms with Gasteiger partial charge in [-0.1, -0.05) is 26.0 Å². The molecular weight excluding hydrogens is 259 g/mol. The minimum atomic E-state index is -1.78. The van der Waals surface area contributed by atoms with E-state index in [1.165, 1.54) is 0 Å². The van der Waals surface area contributed by atoms with Crippen molar-refractivity contribution in [1.29, 1.82) is 0 Å². The monoisotopic (exact) mass is 282 g/mol. The van der Waals surface area contributed by atoms with Gasteiger partial charge in [0.1, 0.15) is 5.75 Å². The molecule has 0 bridgehead atoms. The Hall–Kier alpha value is -0.818. The summed E-state index contributed by atoms with van der Waals surface area (Å²) in [4.78, 5) is 0. The van der Waals surface area contributed by atoms with Crippen LogP contribution in [0, 0.1) is 0 Å². The number of hydrogen-bond acceptors (Lipinski definition) is 4. The van der Waals surface area contributed by atoms with Gasteiger partial charge in [-0.15, -0.1) is 0 Å². The largest absolute Gasteiger partial charge is 0.707 e. The summed E-state index contributed by atoms with van der Waals surface area (Å²) in [6, 6.07) is 7.30. The Balaban J connectivity index is 2.50. The first-order chi connectivity index (χ1) is 8.81. The van der Waals surface area contributed by atoms with Gasteiger partial charge in [0.25, 0.3) is 0 Å². The molecule has 0 radical (unpaired) electrons. The number of rotatable bonds is 7. The van der Waals surface area contributed by atoms with Gasteiger partial charge < -0.3 is 19.1 Å². The Morgan fingerprint density at radius 1 is 1.26 bits per heavy atom. The second kappa shape index (κ2) is 7.09. The van der Waals surface area contributed by atoms with Gasteiger partial charge in [0, 0.05) is 6.61 Å². The van der Waals surface area contributed by atoms with Crippen LogP contribution in [0.25, 0.3) is 0 Å². The molecule has 0 amide bonds. The van der Waals surface area contributed by atoms with E-state index in [1.807, 2.05) is 12.1 Å². The molecule has 1 rings (SSSR count). The van der Waals surface area contributed by atoms with Crippen molar-refractivity contribution < 1.29 is 19.1 Å². The zero-order chi connectivity index (χ0) is 14.5. The first kappa shape index (κ1) is 16.2. The summed E-state index contributed by atoms with van der Waals surface area (Å²) in [7, 11) is -3.36. The molecule has 1 aromatic carbocycles. The van der Waals surface area contributed by atoms with Crippen molar-refractivity contribution in [2.45, 2.75) is 38.9 Å². The molecule has 0 aliphatic rings. The molecule has 0 aromatic heterocycles. The maximum atomic E-state index is 8.75. The predicted molar refractivity (Wildman–Crippen MR) is 79.5 cm³/mol. The van der Waals surface area contributed by atoms with E-state index in [-0.39, 0.29) is 0 Å². The maximum absolute atomic E-state index is 8.75. The van der Waals surface area contributed by atoms with Crippen molar-refractivity contribution >= 4 is 15.6 Å². The van der Waals surface area contributed by atoms with Gasteiger partial charge in [0.2, 0.25) is 0 Å².